The maximum atomic E-state index is 13.6. The van der Waals surface area contributed by atoms with Gasteiger partial charge in [-0.1, -0.05) is 74.4 Å². The van der Waals surface area contributed by atoms with Crippen LogP contribution in [-0.4, -0.2) is 34.9 Å². The van der Waals surface area contributed by atoms with Crippen molar-refractivity contribution in [3.8, 4) is 0 Å². The highest BCUT2D eigenvalue weighted by Gasteiger charge is 2.40. The smallest absolute Gasteiger partial charge is 0.193 e. The number of sulfone groups is 1. The third kappa shape index (κ3) is 6.27. The average molecular weight is 455 g/mol. The molecule has 0 bridgehead atoms. The molecule has 0 heterocycles. The molecule has 1 rings (SSSR count). The number of carbonyl (C=O) groups excluding carboxylic acids is 1. The van der Waals surface area contributed by atoms with Crippen LogP contribution >= 0.6 is 0 Å². The Balaban J connectivity index is 3.55. The van der Waals surface area contributed by atoms with Gasteiger partial charge >= 0.3 is 0 Å². The van der Waals surface area contributed by atoms with Crippen LogP contribution in [0.15, 0.2) is 17.0 Å². The molecule has 172 valence electrons. The quantitative estimate of drug-likeness (QED) is 0.319. The largest absolute Gasteiger partial charge is 0.406 e. The van der Waals surface area contributed by atoms with Gasteiger partial charge in [-0.3, -0.25) is 0 Å². The molecular formula is C24H42O4SSi. The second-order valence-electron chi connectivity index (χ2n) is 10.8. The highest BCUT2D eigenvalue weighted by atomic mass is 32.2. The Morgan fingerprint density at radius 2 is 1.37 bits per heavy atom. The molecule has 0 saturated carbocycles. The van der Waals surface area contributed by atoms with Crippen LogP contribution in [0.5, 0.6) is 0 Å². The second kappa shape index (κ2) is 9.66. The molecule has 0 radical (unpaired) electrons. The Bertz CT molecular complexity index is 817. The van der Waals surface area contributed by atoms with Crippen molar-refractivity contribution >= 4 is 24.4 Å². The second-order valence-corrected chi connectivity index (χ2v) is 17.6. The molecular weight excluding hydrogens is 412 g/mol. The first-order valence-corrected chi connectivity index (χ1v) is 15.5. The number of carbonyl (C=O) groups is 1. The summed E-state index contributed by atoms with van der Waals surface area (Å²) in [5.74, 6) is 0.106. The molecule has 0 N–H and O–H groups in total. The van der Waals surface area contributed by atoms with E-state index in [1.54, 1.807) is 0 Å². The minimum Gasteiger partial charge on any atom is -0.406 e. The van der Waals surface area contributed by atoms with Crippen molar-refractivity contribution in [1.82, 2.24) is 0 Å². The van der Waals surface area contributed by atoms with Gasteiger partial charge in [0.15, 0.2) is 18.2 Å². The van der Waals surface area contributed by atoms with Crippen LogP contribution in [0.2, 0.25) is 18.1 Å². The highest BCUT2D eigenvalue weighted by molar-refractivity contribution is 7.91. The van der Waals surface area contributed by atoms with Gasteiger partial charge in [-0.25, -0.2) is 8.42 Å². The van der Waals surface area contributed by atoms with Gasteiger partial charge in [0.1, 0.15) is 12.4 Å². The van der Waals surface area contributed by atoms with Crippen molar-refractivity contribution in [2.75, 3.05) is 5.75 Å². The molecule has 1 aromatic carbocycles. The van der Waals surface area contributed by atoms with Crippen LogP contribution in [0.3, 0.4) is 0 Å². The molecule has 6 heteroatoms. The Morgan fingerprint density at radius 3 is 1.67 bits per heavy atom. The van der Waals surface area contributed by atoms with Crippen LogP contribution in [0.1, 0.15) is 96.8 Å². The maximum absolute atomic E-state index is 13.6. The summed E-state index contributed by atoms with van der Waals surface area (Å²) in [6.07, 6.45) is -0.300. The van der Waals surface area contributed by atoms with E-state index in [0.717, 1.165) is 16.7 Å². The minimum atomic E-state index is -3.72. The molecule has 0 aliphatic heterocycles. The first kappa shape index (κ1) is 27.1. The van der Waals surface area contributed by atoms with Crippen molar-refractivity contribution in [2.45, 2.75) is 109 Å². The van der Waals surface area contributed by atoms with Gasteiger partial charge in [0.2, 0.25) is 0 Å². The van der Waals surface area contributed by atoms with Crippen LogP contribution < -0.4 is 0 Å². The van der Waals surface area contributed by atoms with Crippen molar-refractivity contribution in [3.63, 3.8) is 0 Å². The average Bonchev–Trinajstić information content (AvgIpc) is 2.58. The topological polar surface area (TPSA) is 60.4 Å². The maximum Gasteiger partial charge on any atom is 0.193 e. The van der Waals surface area contributed by atoms with E-state index in [1.807, 2.05) is 52.9 Å². The number of aldehydes is 1. The molecule has 0 saturated heterocycles. The monoisotopic (exact) mass is 454 g/mol. The molecule has 0 aliphatic rings. The van der Waals surface area contributed by atoms with Gasteiger partial charge in [-0.15, -0.1) is 0 Å². The molecule has 0 aromatic heterocycles. The molecule has 0 fully saturated rings. The zero-order valence-electron chi connectivity index (χ0n) is 20.8. The zero-order chi connectivity index (χ0) is 23.7. The van der Waals surface area contributed by atoms with Crippen molar-refractivity contribution < 1.29 is 17.6 Å². The number of rotatable bonds is 9. The number of hydrogen-bond donors (Lipinski definition) is 0. The van der Waals surface area contributed by atoms with Gasteiger partial charge < -0.3 is 9.22 Å². The standard InChI is InChI=1S/C24H42O4SSi/c1-16(2)19-12-21(17(3)4)23(22(13-19)18(5)6)29(26,27)15-20(14-25)28-30(10,11)24(7,8)9/h12-14,16-18,20H,15H2,1-11H3/t20-/m1/s1. The Kier molecular flexibility index (Phi) is 8.71. The first-order valence-electron chi connectivity index (χ1n) is 11.0. The summed E-state index contributed by atoms with van der Waals surface area (Å²) in [5, 5.41) is -0.108. The summed E-state index contributed by atoms with van der Waals surface area (Å²) in [4.78, 5) is 12.2. The molecule has 0 amide bonds. The van der Waals surface area contributed by atoms with Crippen LogP contribution in [0, 0.1) is 0 Å². The summed E-state index contributed by atoms with van der Waals surface area (Å²) < 4.78 is 33.5. The summed E-state index contributed by atoms with van der Waals surface area (Å²) in [6, 6.07) is 4.05. The summed E-state index contributed by atoms with van der Waals surface area (Å²) in [6.45, 7) is 22.6. The summed E-state index contributed by atoms with van der Waals surface area (Å²) >= 11 is 0. The molecule has 1 atom stereocenters. The fourth-order valence-corrected chi connectivity index (χ4v) is 6.63. The third-order valence-electron chi connectivity index (χ3n) is 6.18. The zero-order valence-corrected chi connectivity index (χ0v) is 22.6. The predicted molar refractivity (Wildman–Crippen MR) is 129 cm³/mol. The minimum absolute atomic E-state index is 0.0574. The lowest BCUT2D eigenvalue weighted by atomic mass is 9.89. The van der Waals surface area contributed by atoms with E-state index in [4.69, 9.17) is 4.43 Å². The normalized spacial score (nSPS) is 14.6. The Morgan fingerprint density at radius 1 is 0.933 bits per heavy atom. The number of hydrogen-bond acceptors (Lipinski definition) is 4. The lowest BCUT2D eigenvalue weighted by molar-refractivity contribution is -0.113. The first-order chi connectivity index (χ1) is 13.4. The van der Waals surface area contributed by atoms with E-state index < -0.39 is 24.3 Å². The molecule has 30 heavy (non-hydrogen) atoms. The number of benzene rings is 1. The predicted octanol–water partition coefficient (Wildman–Crippen LogP) is 6.42. The van der Waals surface area contributed by atoms with E-state index >= 15 is 0 Å². The van der Waals surface area contributed by atoms with Gasteiger partial charge in [0, 0.05) is 0 Å². The van der Waals surface area contributed by atoms with Gasteiger partial charge in [-0.2, -0.15) is 0 Å². The van der Waals surface area contributed by atoms with Gasteiger partial charge in [0.05, 0.1) is 10.6 Å². The van der Waals surface area contributed by atoms with E-state index in [9.17, 15) is 13.2 Å². The van der Waals surface area contributed by atoms with Crippen molar-refractivity contribution in [3.05, 3.63) is 28.8 Å². The van der Waals surface area contributed by atoms with Gasteiger partial charge in [-0.05, 0) is 52.6 Å². The van der Waals surface area contributed by atoms with E-state index in [-0.39, 0.29) is 22.6 Å². The SMILES string of the molecule is CC(C)c1cc(C(C)C)c(S(=O)(=O)C[C@@H](C=O)O[Si](C)(C)C(C)(C)C)c(C(C)C)c1. The fourth-order valence-electron chi connectivity index (χ4n) is 3.20. The highest BCUT2D eigenvalue weighted by Crippen LogP contribution is 2.39. The lowest BCUT2D eigenvalue weighted by Gasteiger charge is -2.38. The molecule has 0 unspecified atom stereocenters. The fraction of sp³-hybridized carbons (Fsp3) is 0.708. The van der Waals surface area contributed by atoms with Crippen LogP contribution in [0.4, 0.5) is 0 Å². The molecule has 0 spiro atoms. The van der Waals surface area contributed by atoms with Gasteiger partial charge in [0.25, 0.3) is 0 Å². The van der Waals surface area contributed by atoms with E-state index in [0.29, 0.717) is 17.1 Å². The Labute approximate surface area is 185 Å². The Hall–Kier alpha value is -0.983. The lowest BCUT2D eigenvalue weighted by Crippen LogP contribution is -2.46. The van der Waals surface area contributed by atoms with Crippen LogP contribution in [0.25, 0.3) is 0 Å². The van der Waals surface area contributed by atoms with Crippen molar-refractivity contribution in [1.29, 1.82) is 0 Å². The van der Waals surface area contributed by atoms with Crippen molar-refractivity contribution in [2.24, 2.45) is 0 Å². The van der Waals surface area contributed by atoms with Crippen LogP contribution in [-0.2, 0) is 19.1 Å². The molecule has 0 aliphatic carbocycles. The summed E-state index contributed by atoms with van der Waals surface area (Å²) in [7, 11) is -6.00. The molecule has 1 aromatic rings. The van der Waals surface area contributed by atoms with E-state index in [2.05, 4.69) is 34.6 Å². The summed E-state index contributed by atoms with van der Waals surface area (Å²) in [5.41, 5.74) is 2.81. The third-order valence-corrected chi connectivity index (χ3v) is 12.5. The molecule has 4 nitrogen and oxygen atoms in total. The van der Waals surface area contributed by atoms with E-state index in [1.165, 1.54) is 0 Å².